The van der Waals surface area contributed by atoms with E-state index in [4.69, 9.17) is 5.73 Å². The first kappa shape index (κ1) is 61.0. The van der Waals surface area contributed by atoms with E-state index in [0.717, 1.165) is 0 Å². The Morgan fingerprint density at radius 1 is 0.180 bits per heavy atom. The van der Waals surface area contributed by atoms with Gasteiger partial charge in [0, 0.05) is 5.54 Å². The van der Waals surface area contributed by atoms with Crippen molar-refractivity contribution >= 4 is 0 Å². The monoisotopic (exact) mass is 858 g/mol. The van der Waals surface area contributed by atoms with Crippen molar-refractivity contribution in [1.82, 2.24) is 0 Å². The van der Waals surface area contributed by atoms with Gasteiger partial charge in [0.15, 0.2) is 0 Å². The molecule has 0 aromatic heterocycles. The van der Waals surface area contributed by atoms with Crippen molar-refractivity contribution in [3.8, 4) is 0 Å². The average Bonchev–Trinajstić information content (AvgIpc) is 3.26. The molecular weight excluding hydrogens is 735 g/mol. The predicted octanol–water partition coefficient (Wildman–Crippen LogP) is 22.4. The molecule has 0 spiro atoms. The minimum absolute atomic E-state index is 0.0208. The molecule has 0 aromatic carbocycles. The number of unbranched alkanes of at least 4 members (excludes halogenated alkanes) is 43. The van der Waals surface area contributed by atoms with E-state index in [1.807, 2.05) is 0 Å². The van der Waals surface area contributed by atoms with Crippen molar-refractivity contribution in [2.45, 2.75) is 380 Å². The van der Waals surface area contributed by atoms with E-state index in [-0.39, 0.29) is 5.54 Å². The average molecular weight is 859 g/mol. The van der Waals surface area contributed by atoms with Gasteiger partial charge >= 0.3 is 0 Å². The SMILES string of the molecule is CCCCCCCCCCCCC(N)(CCCCCCCCCCCC)C(CCCCCCCCCC)(CCCCCCCCCCCC)CCCCCCCCCCCC. The maximum Gasteiger partial charge on any atom is 0.0211 e. The molecule has 368 valence electrons. The van der Waals surface area contributed by atoms with Gasteiger partial charge < -0.3 is 5.73 Å². The molecule has 61 heavy (non-hydrogen) atoms. The maximum atomic E-state index is 8.23. The van der Waals surface area contributed by atoms with Gasteiger partial charge in [0.1, 0.15) is 0 Å². The zero-order valence-corrected chi connectivity index (χ0v) is 44.1. The van der Waals surface area contributed by atoms with Crippen LogP contribution in [0, 0.1) is 5.41 Å². The molecule has 0 atom stereocenters. The highest BCUT2D eigenvalue weighted by atomic mass is 14.8. The van der Waals surface area contributed by atoms with Crippen LogP contribution < -0.4 is 5.73 Å². The van der Waals surface area contributed by atoms with Gasteiger partial charge in [0.2, 0.25) is 0 Å². The fourth-order valence-electron chi connectivity index (χ4n) is 11.1. The van der Waals surface area contributed by atoms with Crippen LogP contribution >= 0.6 is 0 Å². The number of hydrogen-bond acceptors (Lipinski definition) is 1. The molecule has 1 nitrogen and oxygen atoms in total. The minimum Gasteiger partial charge on any atom is -0.325 e. The Kier molecular flexibility index (Phi) is 49.4. The van der Waals surface area contributed by atoms with Crippen LogP contribution in [0.25, 0.3) is 0 Å². The van der Waals surface area contributed by atoms with Crippen molar-refractivity contribution in [2.75, 3.05) is 0 Å². The largest absolute Gasteiger partial charge is 0.325 e. The maximum absolute atomic E-state index is 8.23. The first-order chi connectivity index (χ1) is 30.1. The summed E-state index contributed by atoms with van der Waals surface area (Å²) >= 11 is 0. The van der Waals surface area contributed by atoms with E-state index in [9.17, 15) is 0 Å². The van der Waals surface area contributed by atoms with Gasteiger partial charge in [-0.2, -0.15) is 0 Å². The van der Waals surface area contributed by atoms with E-state index >= 15 is 0 Å². The Hall–Kier alpha value is -0.0400. The topological polar surface area (TPSA) is 26.0 Å². The van der Waals surface area contributed by atoms with Crippen molar-refractivity contribution in [2.24, 2.45) is 11.1 Å². The summed E-state index contributed by atoms with van der Waals surface area (Å²) in [5, 5.41) is 0. The van der Waals surface area contributed by atoms with Crippen LogP contribution in [0.3, 0.4) is 0 Å². The van der Waals surface area contributed by atoms with Gasteiger partial charge in [-0.25, -0.2) is 0 Å². The Morgan fingerprint density at radius 2 is 0.311 bits per heavy atom. The second-order valence-corrected chi connectivity index (χ2v) is 21.4. The summed E-state index contributed by atoms with van der Waals surface area (Å²) in [4.78, 5) is 0. The van der Waals surface area contributed by atoms with Crippen LogP contribution in [-0.2, 0) is 0 Å². The van der Waals surface area contributed by atoms with Gasteiger partial charge in [-0.05, 0) is 37.5 Å². The van der Waals surface area contributed by atoms with Crippen molar-refractivity contribution in [3.05, 3.63) is 0 Å². The van der Waals surface area contributed by atoms with Gasteiger partial charge in [-0.3, -0.25) is 0 Å². The summed E-state index contributed by atoms with van der Waals surface area (Å²) in [6.07, 6.45) is 75.7. The van der Waals surface area contributed by atoms with E-state index in [1.54, 1.807) is 0 Å². The van der Waals surface area contributed by atoms with Crippen LogP contribution in [0.15, 0.2) is 0 Å². The fourth-order valence-corrected chi connectivity index (χ4v) is 11.1. The first-order valence-corrected chi connectivity index (χ1v) is 29.8. The molecule has 0 aromatic rings. The lowest BCUT2D eigenvalue weighted by Gasteiger charge is -2.51. The molecule has 0 fully saturated rings. The van der Waals surface area contributed by atoms with Crippen LogP contribution in [0.4, 0.5) is 0 Å². The summed E-state index contributed by atoms with van der Waals surface area (Å²) in [5.74, 6) is 0. The van der Waals surface area contributed by atoms with Gasteiger partial charge in [-0.1, -0.05) is 343 Å². The molecule has 0 saturated carbocycles. The van der Waals surface area contributed by atoms with Crippen molar-refractivity contribution in [3.63, 3.8) is 0 Å². The second-order valence-electron chi connectivity index (χ2n) is 21.4. The van der Waals surface area contributed by atoms with Crippen molar-refractivity contribution in [1.29, 1.82) is 0 Å². The van der Waals surface area contributed by atoms with Gasteiger partial charge in [0.05, 0.1) is 0 Å². The molecule has 0 radical (unpaired) electrons. The summed E-state index contributed by atoms with van der Waals surface area (Å²) < 4.78 is 0. The van der Waals surface area contributed by atoms with Gasteiger partial charge in [-0.15, -0.1) is 0 Å². The first-order valence-electron chi connectivity index (χ1n) is 29.8. The van der Waals surface area contributed by atoms with E-state index < -0.39 is 0 Å². The smallest absolute Gasteiger partial charge is 0.0211 e. The lowest BCUT2D eigenvalue weighted by Crippen LogP contribution is -2.55. The van der Waals surface area contributed by atoms with Crippen LogP contribution in [0.5, 0.6) is 0 Å². The second kappa shape index (κ2) is 49.4. The highest BCUT2D eigenvalue weighted by Gasteiger charge is 2.46. The lowest BCUT2D eigenvalue weighted by molar-refractivity contribution is 0.0509. The molecule has 0 unspecified atom stereocenters. The number of hydrogen-bond donors (Lipinski definition) is 1. The summed E-state index contributed by atoms with van der Waals surface area (Å²) in [5.41, 5.74) is 8.59. The molecule has 0 saturated heterocycles. The standard InChI is InChI=1S/C60H123N/c1-6-11-16-21-26-31-35-40-45-50-55-59(54-49-44-39-30-25-20-15-10-5,56-51-46-41-36-32-27-22-17-12-7-2)60(61,57-52-47-42-37-33-28-23-18-13-8-3)58-53-48-43-38-34-29-24-19-14-9-4/h6-58,61H2,1-5H3. The third-order valence-corrected chi connectivity index (χ3v) is 15.5. The molecule has 0 rings (SSSR count). The van der Waals surface area contributed by atoms with E-state index in [1.165, 1.54) is 340 Å². The van der Waals surface area contributed by atoms with Crippen molar-refractivity contribution < 1.29 is 0 Å². The third-order valence-electron chi connectivity index (χ3n) is 15.5. The predicted molar refractivity (Wildman–Crippen MR) is 282 cm³/mol. The zero-order chi connectivity index (χ0) is 44.5. The Bertz CT molecular complexity index is 738. The summed E-state index contributed by atoms with van der Waals surface area (Å²) in [6, 6.07) is 0. The zero-order valence-electron chi connectivity index (χ0n) is 44.1. The highest BCUT2D eigenvalue weighted by Crippen LogP contribution is 2.50. The Labute approximate surface area is 390 Å². The highest BCUT2D eigenvalue weighted by molar-refractivity contribution is 5.02. The lowest BCUT2D eigenvalue weighted by atomic mass is 9.58. The number of rotatable bonds is 54. The molecule has 2 N–H and O–H groups in total. The molecule has 0 aliphatic carbocycles. The normalized spacial score (nSPS) is 12.3. The fraction of sp³-hybridized carbons (Fsp3) is 1.00. The van der Waals surface area contributed by atoms with Crippen LogP contribution in [-0.4, -0.2) is 5.54 Å². The molecule has 0 aliphatic heterocycles. The van der Waals surface area contributed by atoms with Crippen LogP contribution in [0.2, 0.25) is 0 Å². The summed E-state index contributed by atoms with van der Waals surface area (Å²) in [6.45, 7) is 11.7. The summed E-state index contributed by atoms with van der Waals surface area (Å²) in [7, 11) is 0. The number of nitrogens with two attached hydrogens (primary N) is 1. The molecule has 0 heterocycles. The molecule has 1 heteroatoms. The molecular formula is C60H123N. The Balaban J connectivity index is 5.94. The quantitative estimate of drug-likeness (QED) is 0.0606. The molecule has 0 aliphatic rings. The van der Waals surface area contributed by atoms with E-state index in [0.29, 0.717) is 5.41 Å². The Morgan fingerprint density at radius 3 is 0.475 bits per heavy atom. The molecule has 0 amide bonds. The van der Waals surface area contributed by atoms with Gasteiger partial charge in [0.25, 0.3) is 0 Å². The third kappa shape index (κ3) is 38.9. The van der Waals surface area contributed by atoms with E-state index in [2.05, 4.69) is 34.6 Å². The minimum atomic E-state index is 0.0208. The van der Waals surface area contributed by atoms with Crippen LogP contribution in [0.1, 0.15) is 375 Å². The molecule has 0 bridgehead atoms.